The predicted molar refractivity (Wildman–Crippen MR) is 137 cm³/mol. The van der Waals surface area contributed by atoms with Crippen LogP contribution in [0.1, 0.15) is 67.2 Å². The number of carbonyl (C=O) groups excluding carboxylic acids is 4. The standard InChI is InChI=1S/C29H40O10/c1-7-16(2)26(34)39-22-8-9-28(14-37-28)29(15-36-18(4)30)23(38-19(5)31)10-17(3)27(6,25(22)29)12-21(32)20-11-24(33)35-13-20/h7,11,17,21-23,25,32H,8-10,12-15H2,1-6H3/b16-7+. The molecule has 0 amide bonds. The summed E-state index contributed by atoms with van der Waals surface area (Å²) in [6.45, 7) is 10.5. The SMILES string of the molecule is C/C=C(\C)C(=O)OC1CCC2(CO2)C2(COC(C)=O)C(OC(C)=O)CC(C)C(C)(CC(O)C3=CC(=O)OC3)C12. The lowest BCUT2D eigenvalue weighted by molar-refractivity contribution is -0.258. The van der Waals surface area contributed by atoms with Gasteiger partial charge in [0.1, 0.15) is 31.0 Å². The lowest BCUT2D eigenvalue weighted by Crippen LogP contribution is -2.71. The molecule has 4 aliphatic rings. The van der Waals surface area contributed by atoms with E-state index >= 15 is 0 Å². The number of esters is 4. The highest BCUT2D eigenvalue weighted by Gasteiger charge is 2.77. The third-order valence-electron chi connectivity index (χ3n) is 9.66. The molecule has 216 valence electrons. The molecular formula is C29H40O10. The first-order chi connectivity index (χ1) is 18.3. The fourth-order valence-corrected chi connectivity index (χ4v) is 7.33. The Kier molecular flexibility index (Phi) is 8.02. The van der Waals surface area contributed by atoms with Gasteiger partial charge in [0.25, 0.3) is 0 Å². The van der Waals surface area contributed by atoms with Crippen LogP contribution in [-0.2, 0) is 42.9 Å². The zero-order chi connectivity index (χ0) is 28.8. The minimum absolute atomic E-state index is 0.00967. The van der Waals surface area contributed by atoms with E-state index in [1.807, 2.05) is 13.8 Å². The molecule has 0 bridgehead atoms. The molecule has 2 aliphatic carbocycles. The maximum atomic E-state index is 13.1. The molecule has 3 fully saturated rings. The van der Waals surface area contributed by atoms with E-state index in [1.165, 1.54) is 19.9 Å². The van der Waals surface area contributed by atoms with Crippen LogP contribution in [0.2, 0.25) is 0 Å². The van der Waals surface area contributed by atoms with E-state index < -0.39 is 64.5 Å². The summed E-state index contributed by atoms with van der Waals surface area (Å²) in [5.74, 6) is -2.56. The highest BCUT2D eigenvalue weighted by atomic mass is 16.6. The van der Waals surface area contributed by atoms with Crippen molar-refractivity contribution >= 4 is 23.9 Å². The van der Waals surface area contributed by atoms with Crippen LogP contribution in [-0.4, -0.2) is 72.7 Å². The Hall–Kier alpha value is -2.72. The molecule has 10 nitrogen and oxygen atoms in total. The molecule has 1 spiro atoms. The number of carbonyl (C=O) groups is 4. The molecule has 39 heavy (non-hydrogen) atoms. The summed E-state index contributed by atoms with van der Waals surface area (Å²) in [4.78, 5) is 49.4. The number of epoxide rings is 1. The van der Waals surface area contributed by atoms with Crippen molar-refractivity contribution in [2.24, 2.45) is 22.7 Å². The molecule has 2 saturated carbocycles. The average molecular weight is 549 g/mol. The van der Waals surface area contributed by atoms with E-state index in [2.05, 4.69) is 0 Å². The van der Waals surface area contributed by atoms with Gasteiger partial charge in [0.05, 0.1) is 18.1 Å². The molecule has 8 atom stereocenters. The Labute approximate surface area is 229 Å². The van der Waals surface area contributed by atoms with Gasteiger partial charge < -0.3 is 28.8 Å². The molecule has 4 rings (SSSR count). The van der Waals surface area contributed by atoms with E-state index in [9.17, 15) is 24.3 Å². The van der Waals surface area contributed by atoms with Gasteiger partial charge in [0.15, 0.2) is 0 Å². The predicted octanol–water partition coefficient (Wildman–Crippen LogP) is 2.80. The van der Waals surface area contributed by atoms with E-state index in [0.717, 1.165) is 0 Å². The van der Waals surface area contributed by atoms with Crippen molar-refractivity contribution < 1.29 is 48.0 Å². The molecule has 2 aliphatic heterocycles. The smallest absolute Gasteiger partial charge is 0.333 e. The molecule has 0 aromatic heterocycles. The van der Waals surface area contributed by atoms with Gasteiger partial charge in [0, 0.05) is 37.0 Å². The first-order valence-corrected chi connectivity index (χ1v) is 13.6. The van der Waals surface area contributed by atoms with E-state index in [0.29, 0.717) is 37.0 Å². The van der Waals surface area contributed by atoms with Gasteiger partial charge in [-0.05, 0) is 50.9 Å². The average Bonchev–Trinajstić information content (AvgIpc) is 3.52. The number of aliphatic hydroxyl groups excluding tert-OH is 1. The molecule has 2 heterocycles. The normalized spacial score (nSPS) is 38.3. The summed E-state index contributed by atoms with van der Waals surface area (Å²) < 4.78 is 29.0. The number of allylic oxidation sites excluding steroid dienone is 1. The molecule has 10 heteroatoms. The maximum absolute atomic E-state index is 13.1. The van der Waals surface area contributed by atoms with Gasteiger partial charge in [-0.2, -0.15) is 0 Å². The minimum Gasteiger partial charge on any atom is -0.465 e. The number of cyclic esters (lactones) is 1. The van der Waals surface area contributed by atoms with Crippen LogP contribution in [0.25, 0.3) is 0 Å². The third-order valence-corrected chi connectivity index (χ3v) is 9.66. The largest absolute Gasteiger partial charge is 0.465 e. The van der Waals surface area contributed by atoms with Crippen LogP contribution in [0.15, 0.2) is 23.3 Å². The Bertz CT molecular complexity index is 1090. The molecule has 1 saturated heterocycles. The molecule has 0 aromatic carbocycles. The highest BCUT2D eigenvalue weighted by molar-refractivity contribution is 5.87. The van der Waals surface area contributed by atoms with E-state index in [4.69, 9.17) is 23.7 Å². The Morgan fingerprint density at radius 3 is 2.44 bits per heavy atom. The monoisotopic (exact) mass is 548 g/mol. The van der Waals surface area contributed by atoms with Crippen molar-refractivity contribution in [1.82, 2.24) is 0 Å². The van der Waals surface area contributed by atoms with Crippen LogP contribution in [0, 0.1) is 22.7 Å². The van der Waals surface area contributed by atoms with Crippen LogP contribution in [0.3, 0.4) is 0 Å². The third kappa shape index (κ3) is 5.13. The summed E-state index contributed by atoms with van der Waals surface area (Å²) in [6, 6.07) is 0. The van der Waals surface area contributed by atoms with E-state index in [-0.39, 0.29) is 25.6 Å². The number of rotatable bonds is 8. The van der Waals surface area contributed by atoms with Gasteiger partial charge in [-0.15, -0.1) is 0 Å². The van der Waals surface area contributed by atoms with Crippen molar-refractivity contribution in [3.8, 4) is 0 Å². The Balaban J connectivity index is 1.87. The second-order valence-corrected chi connectivity index (χ2v) is 11.8. The fraction of sp³-hybridized carbons (Fsp3) is 0.724. The molecular weight excluding hydrogens is 508 g/mol. The van der Waals surface area contributed by atoms with Crippen LogP contribution in [0.5, 0.6) is 0 Å². The van der Waals surface area contributed by atoms with Gasteiger partial charge >= 0.3 is 23.9 Å². The van der Waals surface area contributed by atoms with Gasteiger partial charge in [-0.3, -0.25) is 9.59 Å². The quantitative estimate of drug-likeness (QED) is 0.209. The van der Waals surface area contributed by atoms with Crippen molar-refractivity contribution in [2.75, 3.05) is 19.8 Å². The Morgan fingerprint density at radius 2 is 1.90 bits per heavy atom. The van der Waals surface area contributed by atoms with Crippen LogP contribution in [0.4, 0.5) is 0 Å². The van der Waals surface area contributed by atoms with Gasteiger partial charge in [0.2, 0.25) is 0 Å². The summed E-state index contributed by atoms with van der Waals surface area (Å²) in [7, 11) is 0. The zero-order valence-electron chi connectivity index (χ0n) is 23.6. The van der Waals surface area contributed by atoms with Gasteiger partial charge in [-0.1, -0.05) is 19.9 Å². The maximum Gasteiger partial charge on any atom is 0.333 e. The first-order valence-electron chi connectivity index (χ1n) is 13.6. The summed E-state index contributed by atoms with van der Waals surface area (Å²) >= 11 is 0. The number of hydrogen-bond donors (Lipinski definition) is 1. The van der Waals surface area contributed by atoms with Crippen molar-refractivity contribution in [3.63, 3.8) is 0 Å². The molecule has 0 radical (unpaired) electrons. The number of ether oxygens (including phenoxy) is 5. The zero-order valence-corrected chi connectivity index (χ0v) is 23.6. The van der Waals surface area contributed by atoms with Crippen molar-refractivity contribution in [2.45, 2.75) is 91.1 Å². The topological polar surface area (TPSA) is 138 Å². The second kappa shape index (κ2) is 10.7. The van der Waals surface area contributed by atoms with Gasteiger partial charge in [-0.25, -0.2) is 9.59 Å². The summed E-state index contributed by atoms with van der Waals surface area (Å²) in [5.41, 5.74) is -1.56. The molecule has 0 aromatic rings. The minimum atomic E-state index is -1.03. The lowest BCUT2D eigenvalue weighted by atomic mass is 9.42. The van der Waals surface area contributed by atoms with Crippen LogP contribution < -0.4 is 0 Å². The highest BCUT2D eigenvalue weighted by Crippen LogP contribution is 2.69. The molecule has 8 unspecified atom stereocenters. The van der Waals surface area contributed by atoms with E-state index in [1.54, 1.807) is 19.9 Å². The summed E-state index contributed by atoms with van der Waals surface area (Å²) in [6.07, 6.45) is 2.35. The number of aliphatic hydroxyl groups is 1. The first kappa shape index (κ1) is 29.3. The number of fused-ring (bicyclic) bond motifs is 2. The van der Waals surface area contributed by atoms with Crippen LogP contribution >= 0.6 is 0 Å². The fourth-order valence-electron chi connectivity index (χ4n) is 7.33. The second-order valence-electron chi connectivity index (χ2n) is 11.8. The molecule has 1 N–H and O–H groups in total. The number of hydrogen-bond acceptors (Lipinski definition) is 10. The van der Waals surface area contributed by atoms with Crippen molar-refractivity contribution in [3.05, 3.63) is 23.3 Å². The van der Waals surface area contributed by atoms with Crippen molar-refractivity contribution in [1.29, 1.82) is 0 Å². The summed E-state index contributed by atoms with van der Waals surface area (Å²) in [5, 5.41) is 11.3. The Morgan fingerprint density at radius 1 is 1.21 bits per heavy atom. The lowest BCUT2D eigenvalue weighted by Gasteiger charge is -2.64.